The number of halogens is 2. The molecule has 0 bridgehead atoms. The summed E-state index contributed by atoms with van der Waals surface area (Å²) in [6, 6.07) is 1.70. The second-order valence-corrected chi connectivity index (χ2v) is 5.99. The average molecular weight is 319 g/mol. The zero-order valence-corrected chi connectivity index (χ0v) is 11.7. The lowest BCUT2D eigenvalue weighted by Crippen LogP contribution is -2.37. The van der Waals surface area contributed by atoms with Gasteiger partial charge in [-0.2, -0.15) is 0 Å². The Bertz CT molecular complexity index is 648. The third-order valence-corrected chi connectivity index (χ3v) is 4.17. The first-order chi connectivity index (χ1) is 9.46. The van der Waals surface area contributed by atoms with Crippen LogP contribution in [0.3, 0.4) is 0 Å². The molecule has 0 amide bonds. The molecular formula is C11H12Cl2N4O3. The van der Waals surface area contributed by atoms with Gasteiger partial charge in [0.05, 0.1) is 12.0 Å². The lowest BCUT2D eigenvalue weighted by atomic mass is 10.2. The fourth-order valence-corrected chi connectivity index (χ4v) is 2.89. The lowest BCUT2D eigenvalue weighted by Gasteiger charge is -2.24. The van der Waals surface area contributed by atoms with Crippen molar-refractivity contribution >= 4 is 40.1 Å². The molecule has 3 atom stereocenters. The minimum absolute atomic E-state index is 0.320. The highest BCUT2D eigenvalue weighted by Gasteiger charge is 2.55. The van der Waals surface area contributed by atoms with Gasteiger partial charge in [0.1, 0.15) is 30.0 Å². The number of hydrogen-bond donors (Lipinski definition) is 3. The molecule has 0 saturated carbocycles. The minimum Gasteiger partial charge on any atom is -0.394 e. The summed E-state index contributed by atoms with van der Waals surface area (Å²) in [5, 5.41) is 19.8. The van der Waals surface area contributed by atoms with Crippen LogP contribution in [0.15, 0.2) is 18.6 Å². The highest BCUT2D eigenvalue weighted by Crippen LogP contribution is 2.47. The van der Waals surface area contributed by atoms with Crippen molar-refractivity contribution in [1.29, 1.82) is 0 Å². The fraction of sp³-hybridized carbons (Fsp3) is 0.455. The van der Waals surface area contributed by atoms with Crippen LogP contribution in [-0.4, -0.2) is 47.9 Å². The molecule has 2 aromatic heterocycles. The van der Waals surface area contributed by atoms with E-state index < -0.39 is 29.4 Å². The molecule has 108 valence electrons. The van der Waals surface area contributed by atoms with Gasteiger partial charge in [-0.3, -0.25) is 0 Å². The van der Waals surface area contributed by atoms with Crippen molar-refractivity contribution in [2.45, 2.75) is 22.8 Å². The molecule has 0 aromatic carbocycles. The van der Waals surface area contributed by atoms with E-state index in [9.17, 15) is 10.2 Å². The molecule has 1 aliphatic rings. The molecule has 1 fully saturated rings. The third-order valence-electron chi connectivity index (χ3n) is 3.35. The van der Waals surface area contributed by atoms with Gasteiger partial charge in [0.2, 0.25) is 0 Å². The van der Waals surface area contributed by atoms with Crippen molar-refractivity contribution in [3.05, 3.63) is 18.6 Å². The monoisotopic (exact) mass is 318 g/mol. The molecule has 0 radical (unpaired) electrons. The van der Waals surface area contributed by atoms with Crippen molar-refractivity contribution in [2.75, 3.05) is 12.3 Å². The van der Waals surface area contributed by atoms with Gasteiger partial charge in [-0.05, 0) is 6.07 Å². The summed E-state index contributed by atoms with van der Waals surface area (Å²) < 4.78 is 5.48. The second kappa shape index (κ2) is 4.71. The number of alkyl halides is 2. The Morgan fingerprint density at radius 3 is 2.85 bits per heavy atom. The maximum absolute atomic E-state index is 9.99. The Morgan fingerprint density at radius 2 is 2.20 bits per heavy atom. The fourth-order valence-electron chi connectivity index (χ4n) is 2.30. The summed E-state index contributed by atoms with van der Waals surface area (Å²) in [6.45, 7) is -0.394. The van der Waals surface area contributed by atoms with Crippen molar-refractivity contribution in [2.24, 2.45) is 0 Å². The van der Waals surface area contributed by atoms with Gasteiger partial charge in [-0.15, -0.1) is 0 Å². The number of fused-ring (bicyclic) bond motifs is 1. The zero-order chi connectivity index (χ0) is 14.5. The molecule has 9 heteroatoms. The molecule has 7 nitrogen and oxygen atoms in total. The van der Waals surface area contributed by atoms with E-state index in [0.717, 1.165) is 0 Å². The summed E-state index contributed by atoms with van der Waals surface area (Å²) >= 11 is 12.3. The Morgan fingerprint density at radius 1 is 1.45 bits per heavy atom. The second-order valence-electron chi connectivity index (χ2n) is 4.55. The number of aromatic nitrogens is 3. The van der Waals surface area contributed by atoms with E-state index in [1.165, 1.54) is 6.33 Å². The first kappa shape index (κ1) is 13.8. The smallest absolute Gasteiger partial charge is 0.191 e. The molecule has 1 aliphatic heterocycles. The molecule has 1 saturated heterocycles. The van der Waals surface area contributed by atoms with E-state index >= 15 is 0 Å². The molecule has 0 unspecified atom stereocenters. The first-order valence-corrected chi connectivity index (χ1v) is 6.61. The van der Waals surface area contributed by atoms with Crippen molar-refractivity contribution < 1.29 is 14.9 Å². The largest absolute Gasteiger partial charge is 0.394 e. The van der Waals surface area contributed by atoms with Crippen molar-refractivity contribution in [3.8, 4) is 0 Å². The van der Waals surface area contributed by atoms with Crippen molar-refractivity contribution in [1.82, 2.24) is 14.5 Å². The van der Waals surface area contributed by atoms with Gasteiger partial charge in [-0.25, -0.2) is 9.97 Å². The number of nitrogens with two attached hydrogens (primary N) is 1. The van der Waals surface area contributed by atoms with Crippen LogP contribution < -0.4 is 5.73 Å². The molecular weight excluding hydrogens is 307 g/mol. The molecule has 0 spiro atoms. The number of ether oxygens (including phenoxy) is 1. The van der Waals surface area contributed by atoms with Gasteiger partial charge >= 0.3 is 0 Å². The molecule has 2 aromatic rings. The molecule has 3 rings (SSSR count). The van der Waals surface area contributed by atoms with Gasteiger partial charge in [0.25, 0.3) is 0 Å². The summed E-state index contributed by atoms with van der Waals surface area (Å²) in [7, 11) is 0. The average Bonchev–Trinajstić information content (AvgIpc) is 2.92. The van der Waals surface area contributed by atoms with E-state index in [1.54, 1.807) is 16.8 Å². The number of aliphatic hydroxyl groups excluding tert-OH is 2. The van der Waals surface area contributed by atoms with E-state index in [1.807, 2.05) is 0 Å². The highest BCUT2D eigenvalue weighted by molar-refractivity contribution is 6.49. The standard InChI is InChI=1S/C11H12Cl2N4O3/c12-11(13)7(19)6(3-18)20-10(11)17-2-1-5-8(14)15-4-16-9(5)17/h1-2,4,6-7,10,18-19H,3H2,(H2,14,15,16)/t6-,7+,10-/m1/s1. The summed E-state index contributed by atoms with van der Waals surface area (Å²) in [4.78, 5) is 8.01. The van der Waals surface area contributed by atoms with E-state index in [2.05, 4.69) is 9.97 Å². The Labute approximate surface area is 123 Å². The van der Waals surface area contributed by atoms with Crippen LogP contribution in [0.2, 0.25) is 0 Å². The Kier molecular flexibility index (Phi) is 3.26. The third kappa shape index (κ3) is 1.86. The topological polar surface area (TPSA) is 106 Å². The van der Waals surface area contributed by atoms with Crippen molar-refractivity contribution in [3.63, 3.8) is 0 Å². The first-order valence-electron chi connectivity index (χ1n) is 5.86. The van der Waals surface area contributed by atoms with Crippen LogP contribution in [0.25, 0.3) is 11.0 Å². The number of nitrogen functional groups attached to an aromatic ring is 1. The van der Waals surface area contributed by atoms with Gasteiger partial charge in [0.15, 0.2) is 10.6 Å². The molecule has 4 N–H and O–H groups in total. The van der Waals surface area contributed by atoms with E-state index in [-0.39, 0.29) is 0 Å². The predicted octanol–water partition coefficient (Wildman–Crippen LogP) is 0.438. The quantitative estimate of drug-likeness (QED) is 0.694. The summed E-state index contributed by atoms with van der Waals surface area (Å²) in [5.41, 5.74) is 6.24. The summed E-state index contributed by atoms with van der Waals surface area (Å²) in [5.74, 6) is 0.320. The normalized spacial score (nSPS) is 29.1. The molecule has 3 heterocycles. The van der Waals surface area contributed by atoms with Crippen LogP contribution in [0.5, 0.6) is 0 Å². The number of hydrogen-bond acceptors (Lipinski definition) is 6. The Balaban J connectivity index is 2.10. The predicted molar refractivity (Wildman–Crippen MR) is 73.4 cm³/mol. The maximum Gasteiger partial charge on any atom is 0.191 e. The number of rotatable bonds is 2. The van der Waals surface area contributed by atoms with Crippen LogP contribution in [-0.2, 0) is 4.74 Å². The van der Waals surface area contributed by atoms with Gasteiger partial charge in [-0.1, -0.05) is 23.2 Å². The van der Waals surface area contributed by atoms with Crippen LogP contribution >= 0.6 is 23.2 Å². The van der Waals surface area contributed by atoms with Crippen LogP contribution in [0.4, 0.5) is 5.82 Å². The van der Waals surface area contributed by atoms with Gasteiger partial charge in [0, 0.05) is 6.20 Å². The molecule has 0 aliphatic carbocycles. The summed E-state index contributed by atoms with van der Waals surface area (Å²) in [6.07, 6.45) is -0.0339. The van der Waals surface area contributed by atoms with Crippen LogP contribution in [0.1, 0.15) is 6.23 Å². The highest BCUT2D eigenvalue weighted by atomic mass is 35.5. The zero-order valence-electron chi connectivity index (χ0n) is 10.1. The number of nitrogens with zero attached hydrogens (tertiary/aromatic N) is 3. The van der Waals surface area contributed by atoms with E-state index in [0.29, 0.717) is 16.9 Å². The lowest BCUT2D eigenvalue weighted by molar-refractivity contribution is -0.0432. The van der Waals surface area contributed by atoms with E-state index in [4.69, 9.17) is 33.7 Å². The number of aliphatic hydroxyl groups is 2. The van der Waals surface area contributed by atoms with Crippen LogP contribution in [0, 0.1) is 0 Å². The maximum atomic E-state index is 9.99. The number of anilines is 1. The minimum atomic E-state index is -1.61. The molecule has 20 heavy (non-hydrogen) atoms. The Hall–Kier alpha value is -1.12. The SMILES string of the molecule is Nc1ncnc2c1ccn2[C@@H]1O[C@H](CO)[C@H](O)C1(Cl)Cl. The van der Waals surface area contributed by atoms with Gasteiger partial charge < -0.3 is 25.3 Å².